The Morgan fingerprint density at radius 1 is 1.21 bits per heavy atom. The highest BCUT2D eigenvalue weighted by Gasteiger charge is 1.97. The van der Waals surface area contributed by atoms with E-state index in [2.05, 4.69) is 43.1 Å². The van der Waals surface area contributed by atoms with Gasteiger partial charge >= 0.3 is 0 Å². The van der Waals surface area contributed by atoms with E-state index in [1.807, 2.05) is 5.38 Å². The Labute approximate surface area is 124 Å². The molecule has 0 saturated carbocycles. The van der Waals surface area contributed by atoms with Crippen LogP contribution in [0.5, 0.6) is 0 Å². The average Bonchev–Trinajstić information content (AvgIpc) is 2.99. The summed E-state index contributed by atoms with van der Waals surface area (Å²) in [6.07, 6.45) is 6.76. The smallest absolute Gasteiger partial charge is 0.164 e. The number of aryl methyl sites for hydroxylation is 2. The SMILES string of the molecule is CCCCc1ccccc1CC.NSc1nccs1. The van der Waals surface area contributed by atoms with Crippen LogP contribution in [0.15, 0.2) is 40.2 Å². The molecule has 2 N–H and O–H groups in total. The van der Waals surface area contributed by atoms with Crippen molar-refractivity contribution in [1.29, 1.82) is 0 Å². The van der Waals surface area contributed by atoms with Crippen LogP contribution in [0.3, 0.4) is 0 Å². The number of nitrogens with zero attached hydrogens (tertiary/aromatic N) is 1. The van der Waals surface area contributed by atoms with Crippen molar-refractivity contribution in [2.45, 2.75) is 43.9 Å². The van der Waals surface area contributed by atoms with Crippen molar-refractivity contribution in [3.63, 3.8) is 0 Å². The van der Waals surface area contributed by atoms with Gasteiger partial charge in [0, 0.05) is 11.6 Å². The largest absolute Gasteiger partial charge is 0.272 e. The first-order chi connectivity index (χ1) is 9.31. The van der Waals surface area contributed by atoms with Gasteiger partial charge in [0.15, 0.2) is 4.34 Å². The lowest BCUT2D eigenvalue weighted by molar-refractivity contribution is 0.787. The predicted octanol–water partition coefficient (Wildman–Crippen LogP) is 4.70. The maximum Gasteiger partial charge on any atom is 0.164 e. The zero-order chi connectivity index (χ0) is 13.9. The van der Waals surface area contributed by atoms with Gasteiger partial charge in [0.25, 0.3) is 0 Å². The molecule has 0 spiro atoms. The van der Waals surface area contributed by atoms with Gasteiger partial charge in [-0.25, -0.2) is 4.98 Å². The molecule has 0 fully saturated rings. The van der Waals surface area contributed by atoms with Crippen LogP contribution in [0.25, 0.3) is 0 Å². The standard InChI is InChI=1S/C12H18.C3H4N2S2/c1-3-5-8-12-10-7-6-9-11(12)4-2;4-7-3-5-1-2-6-3/h6-7,9-10H,3-5,8H2,1-2H3;1-2H,4H2. The van der Waals surface area contributed by atoms with Crippen LogP contribution in [-0.2, 0) is 12.8 Å². The van der Waals surface area contributed by atoms with E-state index < -0.39 is 0 Å². The van der Waals surface area contributed by atoms with Crippen LogP contribution < -0.4 is 5.14 Å². The lowest BCUT2D eigenvalue weighted by atomic mass is 10.0. The summed E-state index contributed by atoms with van der Waals surface area (Å²) in [5, 5.41) is 7.06. The second-order valence-electron chi connectivity index (χ2n) is 4.14. The third kappa shape index (κ3) is 6.23. The minimum absolute atomic E-state index is 0.917. The molecule has 2 rings (SSSR count). The van der Waals surface area contributed by atoms with Gasteiger partial charge in [-0.15, -0.1) is 11.3 Å². The Kier molecular flexibility index (Phi) is 8.54. The highest BCUT2D eigenvalue weighted by molar-refractivity contribution is 7.98. The van der Waals surface area contributed by atoms with Gasteiger partial charge in [-0.1, -0.05) is 44.5 Å². The molecule has 0 aliphatic rings. The van der Waals surface area contributed by atoms with Crippen LogP contribution in [0.1, 0.15) is 37.8 Å². The van der Waals surface area contributed by atoms with Crippen LogP contribution in [0, 0.1) is 0 Å². The van der Waals surface area contributed by atoms with Crippen molar-refractivity contribution in [2.75, 3.05) is 0 Å². The first-order valence-corrected chi connectivity index (χ1v) is 8.40. The van der Waals surface area contributed by atoms with E-state index in [9.17, 15) is 0 Å². The summed E-state index contributed by atoms with van der Waals surface area (Å²) in [5.74, 6) is 0. The first-order valence-electron chi connectivity index (χ1n) is 6.64. The summed E-state index contributed by atoms with van der Waals surface area (Å²) in [4.78, 5) is 3.89. The highest BCUT2D eigenvalue weighted by Crippen LogP contribution is 2.13. The molecule has 1 aromatic carbocycles. The second kappa shape index (κ2) is 10.0. The third-order valence-electron chi connectivity index (χ3n) is 2.81. The van der Waals surface area contributed by atoms with Crippen LogP contribution in [0.4, 0.5) is 0 Å². The summed E-state index contributed by atoms with van der Waals surface area (Å²) < 4.78 is 0.917. The zero-order valence-electron chi connectivity index (χ0n) is 11.6. The Bertz CT molecular complexity index is 441. The van der Waals surface area contributed by atoms with Crippen LogP contribution in [0.2, 0.25) is 0 Å². The summed E-state index contributed by atoms with van der Waals surface area (Å²) >= 11 is 2.73. The van der Waals surface area contributed by atoms with E-state index in [4.69, 9.17) is 5.14 Å². The molecule has 1 aromatic heterocycles. The molecule has 19 heavy (non-hydrogen) atoms. The molecular formula is C15H22N2S2. The maximum atomic E-state index is 5.16. The van der Waals surface area contributed by atoms with E-state index in [1.54, 1.807) is 23.1 Å². The fourth-order valence-corrected chi connectivity index (χ4v) is 2.65. The fourth-order valence-electron chi connectivity index (χ4n) is 1.78. The van der Waals surface area contributed by atoms with E-state index >= 15 is 0 Å². The number of benzene rings is 1. The Balaban J connectivity index is 0.000000218. The summed E-state index contributed by atoms with van der Waals surface area (Å²) in [6, 6.07) is 8.78. The van der Waals surface area contributed by atoms with Crippen molar-refractivity contribution in [2.24, 2.45) is 5.14 Å². The Morgan fingerprint density at radius 3 is 2.42 bits per heavy atom. The lowest BCUT2D eigenvalue weighted by Gasteiger charge is -2.05. The number of nitrogens with two attached hydrogens (primary N) is 1. The molecule has 0 saturated heterocycles. The molecule has 0 bridgehead atoms. The molecular weight excluding hydrogens is 272 g/mol. The Hall–Kier alpha value is -0.840. The molecule has 0 atom stereocenters. The van der Waals surface area contributed by atoms with E-state index in [0.29, 0.717) is 0 Å². The molecule has 2 aromatic rings. The first kappa shape index (κ1) is 16.2. The second-order valence-corrected chi connectivity index (χ2v) is 5.92. The van der Waals surface area contributed by atoms with Gasteiger partial charge in [0.2, 0.25) is 0 Å². The van der Waals surface area contributed by atoms with Crippen molar-refractivity contribution >= 4 is 23.3 Å². The molecule has 0 amide bonds. The summed E-state index contributed by atoms with van der Waals surface area (Å²) in [7, 11) is 0. The normalized spacial score (nSPS) is 9.84. The molecule has 4 heteroatoms. The predicted molar refractivity (Wildman–Crippen MR) is 86.6 cm³/mol. The number of hydrogen-bond donors (Lipinski definition) is 1. The van der Waals surface area contributed by atoms with Crippen LogP contribution >= 0.6 is 23.3 Å². The molecule has 0 aliphatic carbocycles. The summed E-state index contributed by atoms with van der Waals surface area (Å²) in [6.45, 7) is 4.47. The van der Waals surface area contributed by atoms with Crippen LogP contribution in [-0.4, -0.2) is 4.98 Å². The molecule has 104 valence electrons. The van der Waals surface area contributed by atoms with Gasteiger partial charge in [0.05, 0.1) is 0 Å². The molecule has 0 unspecified atom stereocenters. The number of rotatable bonds is 5. The monoisotopic (exact) mass is 294 g/mol. The van der Waals surface area contributed by atoms with Gasteiger partial charge in [-0.05, 0) is 42.3 Å². The topological polar surface area (TPSA) is 38.9 Å². The van der Waals surface area contributed by atoms with Crippen molar-refractivity contribution in [1.82, 2.24) is 4.98 Å². The van der Waals surface area contributed by atoms with Gasteiger partial charge < -0.3 is 0 Å². The van der Waals surface area contributed by atoms with Crippen molar-refractivity contribution < 1.29 is 0 Å². The minimum Gasteiger partial charge on any atom is -0.272 e. The molecule has 0 aliphatic heterocycles. The number of thiazole rings is 1. The number of unbranched alkanes of at least 4 members (excludes halogenated alkanes) is 1. The van der Waals surface area contributed by atoms with E-state index in [-0.39, 0.29) is 0 Å². The third-order valence-corrected chi connectivity index (χ3v) is 4.26. The summed E-state index contributed by atoms with van der Waals surface area (Å²) in [5.41, 5.74) is 3.06. The van der Waals surface area contributed by atoms with Gasteiger partial charge in [0.1, 0.15) is 0 Å². The Morgan fingerprint density at radius 2 is 1.95 bits per heavy atom. The number of hydrogen-bond acceptors (Lipinski definition) is 4. The van der Waals surface area contributed by atoms with E-state index in [0.717, 1.165) is 4.34 Å². The zero-order valence-corrected chi connectivity index (χ0v) is 13.3. The van der Waals surface area contributed by atoms with Crippen molar-refractivity contribution in [3.8, 4) is 0 Å². The maximum absolute atomic E-state index is 5.16. The quantitative estimate of drug-likeness (QED) is 0.812. The van der Waals surface area contributed by atoms with Gasteiger partial charge in [-0.3, -0.25) is 5.14 Å². The van der Waals surface area contributed by atoms with E-state index in [1.165, 1.54) is 43.2 Å². The van der Waals surface area contributed by atoms with Crippen molar-refractivity contribution in [3.05, 3.63) is 47.0 Å². The molecule has 0 radical (unpaired) electrons. The minimum atomic E-state index is 0.917. The molecule has 2 nitrogen and oxygen atoms in total. The average molecular weight is 294 g/mol. The molecule has 1 heterocycles. The fraction of sp³-hybridized carbons (Fsp3) is 0.400. The van der Waals surface area contributed by atoms with Gasteiger partial charge in [-0.2, -0.15) is 0 Å². The number of aromatic nitrogens is 1. The lowest BCUT2D eigenvalue weighted by Crippen LogP contribution is -1.91. The highest BCUT2D eigenvalue weighted by atomic mass is 32.2.